The number of para-hydroxylation sites is 2. The van der Waals surface area contributed by atoms with Crippen LogP contribution >= 0.6 is 0 Å². The molecule has 2 rings (SSSR count). The molecule has 1 heterocycles. The third-order valence-corrected chi connectivity index (χ3v) is 6.28. The number of nitrogens with zero attached hydrogens (tertiary/aromatic N) is 3. The number of phenols is 1. The van der Waals surface area contributed by atoms with Gasteiger partial charge in [-0.25, -0.2) is 0 Å². The van der Waals surface area contributed by atoms with Gasteiger partial charge >= 0.3 is 0 Å². The van der Waals surface area contributed by atoms with Crippen LogP contribution in [-0.4, -0.2) is 69.9 Å². The summed E-state index contributed by atoms with van der Waals surface area (Å²) < 4.78 is 12.0. The summed E-state index contributed by atoms with van der Waals surface area (Å²) in [6.45, 7) is 12.7. The highest BCUT2D eigenvalue weighted by Crippen LogP contribution is 2.27. The maximum Gasteiger partial charge on any atom is 0.194 e. The third-order valence-electron chi connectivity index (χ3n) is 4.36. The average molecular weight is 381 g/mol. The molecule has 0 bridgehead atoms. The van der Waals surface area contributed by atoms with E-state index in [-0.39, 0.29) is 4.75 Å². The lowest BCUT2D eigenvalue weighted by Crippen LogP contribution is -2.52. The van der Waals surface area contributed by atoms with Gasteiger partial charge < -0.3 is 20.2 Å². The van der Waals surface area contributed by atoms with Gasteiger partial charge in [-0.3, -0.25) is 9.20 Å². The molecule has 1 aromatic carbocycles. The number of aromatic hydroxyl groups is 1. The van der Waals surface area contributed by atoms with E-state index in [1.54, 1.807) is 6.07 Å². The number of hydrogen-bond donors (Lipinski definition) is 2. The molecule has 0 radical (unpaired) electrons. The van der Waals surface area contributed by atoms with Crippen LogP contribution in [0.25, 0.3) is 0 Å². The zero-order valence-electron chi connectivity index (χ0n) is 16.4. The number of piperazine rings is 1. The molecule has 0 amide bonds. The van der Waals surface area contributed by atoms with Crippen LogP contribution in [0.5, 0.6) is 5.75 Å². The quantitative estimate of drug-likeness (QED) is 0.604. The molecule has 1 aliphatic heterocycles. The summed E-state index contributed by atoms with van der Waals surface area (Å²) in [4.78, 5) is 9.11. The van der Waals surface area contributed by atoms with E-state index in [0.717, 1.165) is 44.4 Å². The van der Waals surface area contributed by atoms with Gasteiger partial charge in [-0.05, 0) is 39.8 Å². The van der Waals surface area contributed by atoms with E-state index in [9.17, 15) is 9.32 Å². The van der Waals surface area contributed by atoms with Crippen molar-refractivity contribution in [3.8, 4) is 5.75 Å². The topological polar surface area (TPSA) is 68.2 Å². The van der Waals surface area contributed by atoms with Crippen LogP contribution in [0.3, 0.4) is 0 Å². The smallest absolute Gasteiger partial charge is 0.194 e. The summed E-state index contributed by atoms with van der Waals surface area (Å²) in [6.07, 6.45) is 0. The number of guanidine groups is 1. The van der Waals surface area contributed by atoms with Crippen molar-refractivity contribution in [3.05, 3.63) is 24.3 Å². The predicted molar refractivity (Wildman–Crippen MR) is 111 cm³/mol. The molecule has 1 fully saturated rings. The Kier molecular flexibility index (Phi) is 7.32. The van der Waals surface area contributed by atoms with Crippen molar-refractivity contribution in [3.63, 3.8) is 0 Å². The van der Waals surface area contributed by atoms with Gasteiger partial charge in [0.25, 0.3) is 0 Å². The SMILES string of the molecule is CCNC(=NCCS(=O)C(C)(C)C)N1CCN(c2ccccc2O)CC1. The molecule has 0 saturated carbocycles. The number of rotatable bonds is 5. The molecule has 7 heteroatoms. The summed E-state index contributed by atoms with van der Waals surface area (Å²) in [5.41, 5.74) is 0.884. The molecule has 0 spiro atoms. The van der Waals surface area contributed by atoms with Gasteiger partial charge in [0.05, 0.1) is 12.2 Å². The van der Waals surface area contributed by atoms with E-state index in [4.69, 9.17) is 0 Å². The van der Waals surface area contributed by atoms with Gasteiger partial charge in [0, 0.05) is 54.0 Å². The molecule has 1 atom stereocenters. The molecule has 0 aromatic heterocycles. The minimum absolute atomic E-state index is 0.197. The molecule has 1 unspecified atom stereocenters. The van der Waals surface area contributed by atoms with Crippen molar-refractivity contribution < 1.29 is 9.32 Å². The summed E-state index contributed by atoms with van der Waals surface area (Å²) >= 11 is 0. The first-order valence-corrected chi connectivity index (χ1v) is 10.6. The van der Waals surface area contributed by atoms with E-state index in [1.165, 1.54) is 0 Å². The fourth-order valence-corrected chi connectivity index (χ4v) is 3.73. The van der Waals surface area contributed by atoms with Crippen molar-refractivity contribution >= 4 is 22.4 Å². The Morgan fingerprint density at radius 1 is 1.23 bits per heavy atom. The molecule has 1 aliphatic rings. The van der Waals surface area contributed by atoms with E-state index in [0.29, 0.717) is 18.0 Å². The fraction of sp³-hybridized carbons (Fsp3) is 0.632. The van der Waals surface area contributed by atoms with E-state index < -0.39 is 10.8 Å². The Bertz CT molecular complexity index is 635. The summed E-state index contributed by atoms with van der Waals surface area (Å²) in [5, 5.41) is 13.4. The second-order valence-corrected chi connectivity index (χ2v) is 9.68. The molecule has 146 valence electrons. The number of anilines is 1. The predicted octanol–water partition coefficient (Wildman–Crippen LogP) is 2.03. The van der Waals surface area contributed by atoms with Crippen molar-refractivity contribution in [2.45, 2.75) is 32.4 Å². The second-order valence-electron chi connectivity index (χ2n) is 7.36. The van der Waals surface area contributed by atoms with Crippen LogP contribution in [0.4, 0.5) is 5.69 Å². The van der Waals surface area contributed by atoms with Crippen molar-refractivity contribution in [2.75, 3.05) is 49.9 Å². The van der Waals surface area contributed by atoms with E-state index >= 15 is 0 Å². The second kappa shape index (κ2) is 9.26. The Morgan fingerprint density at radius 2 is 1.88 bits per heavy atom. The van der Waals surface area contributed by atoms with Gasteiger partial charge in [-0.2, -0.15) is 0 Å². The summed E-state index contributed by atoms with van der Waals surface area (Å²) in [5.74, 6) is 1.79. The fourth-order valence-electron chi connectivity index (χ4n) is 2.86. The largest absolute Gasteiger partial charge is 0.506 e. The molecular weight excluding hydrogens is 348 g/mol. The standard InChI is InChI=1S/C19H32N4O2S/c1-5-20-18(21-10-15-26(25)19(2,3)4)23-13-11-22(12-14-23)16-8-6-7-9-17(16)24/h6-9,24H,5,10-15H2,1-4H3,(H,20,21). The number of nitrogens with one attached hydrogen (secondary N) is 1. The lowest BCUT2D eigenvalue weighted by molar-refractivity contribution is 0.370. The maximum atomic E-state index is 12.2. The van der Waals surface area contributed by atoms with Crippen LogP contribution in [0.2, 0.25) is 0 Å². The van der Waals surface area contributed by atoms with Gasteiger partial charge in [-0.15, -0.1) is 0 Å². The monoisotopic (exact) mass is 380 g/mol. The normalized spacial score (nSPS) is 17.3. The lowest BCUT2D eigenvalue weighted by Gasteiger charge is -2.37. The summed E-state index contributed by atoms with van der Waals surface area (Å²) in [6, 6.07) is 7.46. The van der Waals surface area contributed by atoms with Crippen LogP contribution < -0.4 is 10.2 Å². The zero-order chi connectivity index (χ0) is 19.2. The van der Waals surface area contributed by atoms with Crippen molar-refractivity contribution in [1.29, 1.82) is 0 Å². The highest BCUT2D eigenvalue weighted by atomic mass is 32.2. The van der Waals surface area contributed by atoms with Gasteiger partial charge in [0.15, 0.2) is 5.96 Å². The minimum atomic E-state index is -0.885. The lowest BCUT2D eigenvalue weighted by atomic mass is 10.2. The first kappa shape index (κ1) is 20.6. The molecule has 6 nitrogen and oxygen atoms in total. The first-order chi connectivity index (χ1) is 12.3. The average Bonchev–Trinajstić information content (AvgIpc) is 2.61. The molecule has 26 heavy (non-hydrogen) atoms. The molecular formula is C19H32N4O2S. The highest BCUT2D eigenvalue weighted by Gasteiger charge is 2.22. The van der Waals surface area contributed by atoms with E-state index in [2.05, 4.69) is 27.0 Å². The maximum absolute atomic E-state index is 12.2. The Balaban J connectivity index is 1.94. The van der Waals surface area contributed by atoms with E-state index in [1.807, 2.05) is 39.0 Å². The van der Waals surface area contributed by atoms with Crippen molar-refractivity contribution in [1.82, 2.24) is 10.2 Å². The molecule has 0 aliphatic carbocycles. The number of benzene rings is 1. The van der Waals surface area contributed by atoms with Crippen molar-refractivity contribution in [2.24, 2.45) is 4.99 Å². The zero-order valence-corrected chi connectivity index (χ0v) is 17.2. The van der Waals surface area contributed by atoms with Crippen LogP contribution in [0.1, 0.15) is 27.7 Å². The minimum Gasteiger partial charge on any atom is -0.506 e. The molecule has 1 aromatic rings. The number of aliphatic imine (C=N–C) groups is 1. The molecule has 2 N–H and O–H groups in total. The Labute approximate surface area is 159 Å². The van der Waals surface area contributed by atoms with Gasteiger partial charge in [-0.1, -0.05) is 12.1 Å². The number of phenolic OH excluding ortho intramolecular Hbond substituents is 1. The Morgan fingerprint density at radius 3 is 2.46 bits per heavy atom. The van der Waals surface area contributed by atoms with Crippen LogP contribution in [0.15, 0.2) is 29.3 Å². The van der Waals surface area contributed by atoms with Gasteiger partial charge in [0.2, 0.25) is 0 Å². The van der Waals surface area contributed by atoms with Gasteiger partial charge in [0.1, 0.15) is 5.75 Å². The molecule has 1 saturated heterocycles. The first-order valence-electron chi connectivity index (χ1n) is 9.27. The Hall–Kier alpha value is -1.76. The van der Waals surface area contributed by atoms with Crippen LogP contribution in [0, 0.1) is 0 Å². The highest BCUT2D eigenvalue weighted by molar-refractivity contribution is 7.86. The summed E-state index contributed by atoms with van der Waals surface area (Å²) in [7, 11) is -0.885. The third kappa shape index (κ3) is 5.62. The number of hydrogen-bond acceptors (Lipinski definition) is 4. The van der Waals surface area contributed by atoms with Crippen LogP contribution in [-0.2, 0) is 10.8 Å².